The van der Waals surface area contributed by atoms with Crippen molar-refractivity contribution in [1.82, 2.24) is 10.0 Å². The Morgan fingerprint density at radius 3 is 2.68 bits per heavy atom. The Morgan fingerprint density at radius 1 is 1.26 bits per heavy atom. The van der Waals surface area contributed by atoms with Crippen LogP contribution < -0.4 is 0 Å². The zero-order chi connectivity index (χ0) is 22.3. The molecule has 0 saturated carbocycles. The first-order valence-electron chi connectivity index (χ1n) is 10.3. The molecule has 166 valence electrons. The van der Waals surface area contributed by atoms with Crippen LogP contribution in [0.1, 0.15) is 48.5 Å². The van der Waals surface area contributed by atoms with Crippen molar-refractivity contribution in [2.24, 2.45) is 16.1 Å². The van der Waals surface area contributed by atoms with Gasteiger partial charge in [0.1, 0.15) is 17.3 Å². The minimum absolute atomic E-state index is 0.0936. The van der Waals surface area contributed by atoms with Crippen LogP contribution in [0.4, 0.5) is 8.78 Å². The quantitative estimate of drug-likeness (QED) is 0.520. The molecule has 9 heteroatoms. The Bertz CT molecular complexity index is 1060. The summed E-state index contributed by atoms with van der Waals surface area (Å²) in [5.74, 6) is -2.40. The fourth-order valence-corrected chi connectivity index (χ4v) is 4.96. The molecule has 2 aliphatic heterocycles. The van der Waals surface area contributed by atoms with E-state index in [4.69, 9.17) is 21.4 Å². The molecule has 2 aromatic rings. The Labute approximate surface area is 189 Å². The monoisotopic (exact) mass is 466 g/mol. The summed E-state index contributed by atoms with van der Waals surface area (Å²) in [6.45, 7) is 8.06. The van der Waals surface area contributed by atoms with Crippen LogP contribution in [0.3, 0.4) is 0 Å². The second-order valence-electron chi connectivity index (χ2n) is 8.38. The van der Waals surface area contributed by atoms with Crippen molar-refractivity contribution in [2.45, 2.75) is 53.1 Å². The number of hydrogen-bond acceptors (Lipinski definition) is 6. The van der Waals surface area contributed by atoms with E-state index in [2.05, 4.69) is 24.1 Å². The van der Waals surface area contributed by atoms with Crippen LogP contribution in [0.2, 0.25) is 5.02 Å². The maximum atomic E-state index is 13.5. The first-order valence-corrected chi connectivity index (χ1v) is 11.5. The number of halogens is 3. The topological polar surface area (TPSA) is 50.1 Å². The number of rotatable bonds is 6. The second-order valence-corrected chi connectivity index (χ2v) is 9.75. The van der Waals surface area contributed by atoms with Crippen molar-refractivity contribution in [3.8, 4) is 10.4 Å². The largest absolute Gasteiger partial charge is 0.292 e. The fraction of sp³-hybridized carbons (Fsp3) is 0.500. The van der Waals surface area contributed by atoms with Gasteiger partial charge in [0.25, 0.3) is 5.92 Å². The summed E-state index contributed by atoms with van der Waals surface area (Å²) < 4.78 is 27.1. The number of hydrogen-bond donors (Lipinski definition) is 0. The average Bonchev–Trinajstić information content (AvgIpc) is 3.42. The standard InChI is InChI=1S/C22H25ClF2N4OS/c1-12(2)16-9-17(28-27-16)21-26-18(10-30-29-8-7-22(24,25)11-29)20(31-21)15-6-5-13(3)14(4)19(15)23/h5-6,12H,7-11H2,1-4H3. The Kier molecular flexibility index (Phi) is 6.27. The minimum Gasteiger partial charge on any atom is -0.292 e. The maximum Gasteiger partial charge on any atom is 0.264 e. The normalized spacial score (nSPS) is 18.7. The van der Waals surface area contributed by atoms with E-state index in [1.54, 1.807) is 0 Å². The molecule has 0 spiro atoms. The SMILES string of the molecule is Cc1ccc(-c2sc(C3=NN=C(C(C)C)C3)nc2CON2CCC(F)(F)C2)c(Cl)c1C. The van der Waals surface area contributed by atoms with Gasteiger partial charge in [0.2, 0.25) is 0 Å². The predicted molar refractivity (Wildman–Crippen MR) is 121 cm³/mol. The summed E-state index contributed by atoms with van der Waals surface area (Å²) in [5, 5.41) is 11.4. The highest BCUT2D eigenvalue weighted by atomic mass is 35.5. The molecule has 0 atom stereocenters. The molecule has 1 aromatic carbocycles. The lowest BCUT2D eigenvalue weighted by atomic mass is 10.0. The zero-order valence-electron chi connectivity index (χ0n) is 18.0. The van der Waals surface area contributed by atoms with Crippen LogP contribution in [0.5, 0.6) is 0 Å². The molecule has 3 heterocycles. The number of hydroxylamine groups is 2. The molecule has 0 radical (unpaired) electrons. The van der Waals surface area contributed by atoms with Crippen LogP contribution >= 0.6 is 22.9 Å². The Hall–Kier alpha value is -1.74. The molecule has 1 saturated heterocycles. The van der Waals surface area contributed by atoms with E-state index in [1.807, 2.05) is 26.0 Å². The van der Waals surface area contributed by atoms with Crippen molar-refractivity contribution in [3.63, 3.8) is 0 Å². The molecule has 5 nitrogen and oxygen atoms in total. The number of alkyl halides is 2. The van der Waals surface area contributed by atoms with Gasteiger partial charge in [0, 0.05) is 30.7 Å². The van der Waals surface area contributed by atoms with Crippen LogP contribution in [0.25, 0.3) is 10.4 Å². The minimum atomic E-state index is -2.71. The number of aromatic nitrogens is 1. The lowest BCUT2D eigenvalue weighted by Gasteiger charge is -2.15. The highest BCUT2D eigenvalue weighted by Crippen LogP contribution is 2.39. The predicted octanol–water partition coefficient (Wildman–Crippen LogP) is 6.06. The summed E-state index contributed by atoms with van der Waals surface area (Å²) in [6.07, 6.45) is 0.460. The van der Waals surface area contributed by atoms with E-state index < -0.39 is 12.5 Å². The molecule has 0 aliphatic carbocycles. The lowest BCUT2D eigenvalue weighted by Crippen LogP contribution is -2.25. The fourth-order valence-electron chi connectivity index (χ4n) is 3.51. The number of thiazole rings is 1. The smallest absolute Gasteiger partial charge is 0.264 e. The van der Waals surface area contributed by atoms with Gasteiger partial charge < -0.3 is 0 Å². The number of nitrogens with zero attached hydrogens (tertiary/aromatic N) is 4. The maximum absolute atomic E-state index is 13.5. The summed E-state index contributed by atoms with van der Waals surface area (Å²) in [5.41, 5.74) is 5.47. The Balaban J connectivity index is 1.64. The van der Waals surface area contributed by atoms with Gasteiger partial charge in [-0.15, -0.1) is 11.3 Å². The lowest BCUT2D eigenvalue weighted by molar-refractivity contribution is -0.169. The third-order valence-electron chi connectivity index (χ3n) is 5.68. The van der Waals surface area contributed by atoms with Crippen molar-refractivity contribution in [3.05, 3.63) is 39.0 Å². The van der Waals surface area contributed by atoms with Crippen LogP contribution in [-0.2, 0) is 11.4 Å². The third kappa shape index (κ3) is 4.72. The van der Waals surface area contributed by atoms with E-state index in [1.165, 1.54) is 16.4 Å². The summed E-state index contributed by atoms with van der Waals surface area (Å²) >= 11 is 8.17. The van der Waals surface area contributed by atoms with Gasteiger partial charge in [0.15, 0.2) is 0 Å². The van der Waals surface area contributed by atoms with Gasteiger partial charge in [-0.3, -0.25) is 4.84 Å². The number of aryl methyl sites for hydroxylation is 1. The molecule has 1 fully saturated rings. The molecule has 0 amide bonds. The number of benzene rings is 1. The first kappa shape index (κ1) is 22.5. The molecule has 4 rings (SSSR count). The van der Waals surface area contributed by atoms with Gasteiger partial charge >= 0.3 is 0 Å². The van der Waals surface area contributed by atoms with Gasteiger partial charge in [0.05, 0.1) is 22.1 Å². The van der Waals surface area contributed by atoms with Gasteiger partial charge in [-0.2, -0.15) is 15.3 Å². The first-order chi connectivity index (χ1) is 14.6. The van der Waals surface area contributed by atoms with Crippen molar-refractivity contribution in [1.29, 1.82) is 0 Å². The molecule has 31 heavy (non-hydrogen) atoms. The van der Waals surface area contributed by atoms with E-state index in [0.717, 1.165) is 38.0 Å². The molecule has 0 N–H and O–H groups in total. The van der Waals surface area contributed by atoms with E-state index in [0.29, 0.717) is 23.1 Å². The summed E-state index contributed by atoms with van der Waals surface area (Å²) in [4.78, 5) is 11.3. The molecule has 2 aliphatic rings. The molecule has 0 unspecified atom stereocenters. The van der Waals surface area contributed by atoms with Gasteiger partial charge in [-0.05, 0) is 30.9 Å². The summed E-state index contributed by atoms with van der Waals surface area (Å²) in [6, 6.07) is 4.00. The van der Waals surface area contributed by atoms with Gasteiger partial charge in [-0.25, -0.2) is 13.8 Å². The van der Waals surface area contributed by atoms with E-state index >= 15 is 0 Å². The highest BCUT2D eigenvalue weighted by molar-refractivity contribution is 7.17. The van der Waals surface area contributed by atoms with Crippen molar-refractivity contribution >= 4 is 34.4 Å². The van der Waals surface area contributed by atoms with Crippen molar-refractivity contribution in [2.75, 3.05) is 13.1 Å². The van der Waals surface area contributed by atoms with E-state index in [-0.39, 0.29) is 19.6 Å². The van der Waals surface area contributed by atoms with Crippen LogP contribution in [0, 0.1) is 19.8 Å². The van der Waals surface area contributed by atoms with Crippen LogP contribution in [-0.4, -0.2) is 40.5 Å². The highest BCUT2D eigenvalue weighted by Gasteiger charge is 2.39. The zero-order valence-corrected chi connectivity index (χ0v) is 19.6. The average molecular weight is 467 g/mol. The van der Waals surface area contributed by atoms with Gasteiger partial charge in [-0.1, -0.05) is 37.6 Å². The van der Waals surface area contributed by atoms with Crippen molar-refractivity contribution < 1.29 is 13.6 Å². The molecular formula is C22H25ClF2N4OS. The Morgan fingerprint density at radius 2 is 2.03 bits per heavy atom. The third-order valence-corrected chi connectivity index (χ3v) is 7.35. The second kappa shape index (κ2) is 8.65. The molecular weight excluding hydrogens is 442 g/mol. The van der Waals surface area contributed by atoms with E-state index in [9.17, 15) is 8.78 Å². The summed E-state index contributed by atoms with van der Waals surface area (Å²) in [7, 11) is 0. The molecule has 1 aromatic heterocycles. The molecule has 0 bridgehead atoms. The van der Waals surface area contributed by atoms with Crippen LogP contribution in [0.15, 0.2) is 22.3 Å².